The Labute approximate surface area is 156 Å². The number of rotatable bonds is 5. The molecule has 2 N–H and O–H groups in total. The normalized spacial score (nSPS) is 21.4. The molecule has 3 rings (SSSR count). The molecule has 1 amide bonds. The van der Waals surface area contributed by atoms with Gasteiger partial charge < -0.3 is 20.4 Å². The molecule has 7 nitrogen and oxygen atoms in total. The van der Waals surface area contributed by atoms with Crippen LogP contribution in [0.3, 0.4) is 0 Å². The molecule has 0 aromatic carbocycles. The Hall–Kier alpha value is -1.89. The second-order valence-electron chi connectivity index (χ2n) is 7.39. The van der Waals surface area contributed by atoms with E-state index >= 15 is 0 Å². The number of likely N-dealkylation sites (N-methyl/N-ethyl adjacent to an activating group) is 1. The van der Waals surface area contributed by atoms with Gasteiger partial charge in [0.2, 0.25) is 5.91 Å². The van der Waals surface area contributed by atoms with Crippen LogP contribution in [0.2, 0.25) is 0 Å². The van der Waals surface area contributed by atoms with Crippen molar-refractivity contribution in [3.05, 3.63) is 11.9 Å². The molecule has 26 heavy (non-hydrogen) atoms. The number of carbonyl (C=O) groups excluding carboxylic acids is 1. The second kappa shape index (κ2) is 8.66. The standard InChI is InChI=1S/C19H32N6O/c1-4-14(5-2)23-18-16-11-25(15-7-6-9-20-10-8-15)17(26)12-24(3)19(16)22-13-21-18/h13-15,20H,4-12H2,1-3H3,(H,21,22,23). The van der Waals surface area contributed by atoms with Gasteiger partial charge in [0.25, 0.3) is 0 Å². The highest BCUT2D eigenvalue weighted by Crippen LogP contribution is 2.30. The number of amides is 1. The van der Waals surface area contributed by atoms with Crippen molar-refractivity contribution in [3.8, 4) is 0 Å². The van der Waals surface area contributed by atoms with Crippen LogP contribution >= 0.6 is 0 Å². The fourth-order valence-corrected chi connectivity index (χ4v) is 3.96. The van der Waals surface area contributed by atoms with Gasteiger partial charge in [0.05, 0.1) is 18.7 Å². The van der Waals surface area contributed by atoms with Crippen molar-refractivity contribution in [2.75, 3.05) is 36.9 Å². The third-order valence-electron chi connectivity index (χ3n) is 5.62. The molecule has 0 radical (unpaired) electrons. The summed E-state index contributed by atoms with van der Waals surface area (Å²) in [5.41, 5.74) is 1.05. The van der Waals surface area contributed by atoms with Crippen molar-refractivity contribution >= 4 is 17.5 Å². The van der Waals surface area contributed by atoms with Crippen LogP contribution in [-0.2, 0) is 11.3 Å². The highest BCUT2D eigenvalue weighted by molar-refractivity contribution is 5.84. The maximum atomic E-state index is 12.9. The van der Waals surface area contributed by atoms with E-state index in [0.29, 0.717) is 19.1 Å². The van der Waals surface area contributed by atoms with Crippen molar-refractivity contribution in [2.45, 2.75) is 64.6 Å². The Bertz CT molecular complexity index is 610. The Morgan fingerprint density at radius 1 is 1.23 bits per heavy atom. The van der Waals surface area contributed by atoms with Gasteiger partial charge in [-0.3, -0.25) is 4.79 Å². The number of hydrogen-bond acceptors (Lipinski definition) is 6. The molecule has 1 unspecified atom stereocenters. The molecule has 2 aliphatic rings. The molecular formula is C19H32N6O. The maximum Gasteiger partial charge on any atom is 0.242 e. The molecule has 1 aromatic rings. The topological polar surface area (TPSA) is 73.4 Å². The predicted molar refractivity (Wildman–Crippen MR) is 104 cm³/mol. The van der Waals surface area contributed by atoms with Gasteiger partial charge >= 0.3 is 0 Å². The number of carbonyl (C=O) groups is 1. The lowest BCUT2D eigenvalue weighted by atomic mass is 10.1. The van der Waals surface area contributed by atoms with E-state index in [9.17, 15) is 4.79 Å². The number of hydrogen-bond donors (Lipinski definition) is 2. The Morgan fingerprint density at radius 3 is 2.81 bits per heavy atom. The summed E-state index contributed by atoms with van der Waals surface area (Å²) in [6, 6.07) is 0.673. The number of nitrogens with one attached hydrogen (secondary N) is 2. The summed E-state index contributed by atoms with van der Waals surface area (Å²) >= 11 is 0. The van der Waals surface area contributed by atoms with Crippen molar-refractivity contribution in [1.82, 2.24) is 20.2 Å². The number of fused-ring (bicyclic) bond motifs is 1. The van der Waals surface area contributed by atoms with Crippen LogP contribution in [0, 0.1) is 0 Å². The Morgan fingerprint density at radius 2 is 2.04 bits per heavy atom. The third kappa shape index (κ3) is 4.09. The van der Waals surface area contributed by atoms with Crippen molar-refractivity contribution in [1.29, 1.82) is 0 Å². The summed E-state index contributed by atoms with van der Waals surface area (Å²) in [6.07, 6.45) is 6.87. The monoisotopic (exact) mass is 360 g/mol. The number of anilines is 2. The average molecular weight is 361 g/mol. The molecule has 1 saturated heterocycles. The van der Waals surface area contributed by atoms with E-state index in [-0.39, 0.29) is 11.9 Å². The molecule has 1 aromatic heterocycles. The third-order valence-corrected chi connectivity index (χ3v) is 5.62. The molecule has 0 bridgehead atoms. The largest absolute Gasteiger partial charge is 0.367 e. The molecule has 0 saturated carbocycles. The van der Waals surface area contributed by atoms with Gasteiger partial charge in [0.15, 0.2) is 0 Å². The van der Waals surface area contributed by atoms with Gasteiger partial charge in [-0.15, -0.1) is 0 Å². The van der Waals surface area contributed by atoms with Crippen LogP contribution in [-0.4, -0.2) is 59.5 Å². The molecular weight excluding hydrogens is 328 g/mol. The lowest BCUT2D eigenvalue weighted by molar-refractivity contribution is -0.132. The molecule has 3 heterocycles. The van der Waals surface area contributed by atoms with E-state index in [4.69, 9.17) is 0 Å². The van der Waals surface area contributed by atoms with Crippen LogP contribution in [0.1, 0.15) is 51.5 Å². The first-order valence-corrected chi connectivity index (χ1v) is 9.95. The van der Waals surface area contributed by atoms with Crippen LogP contribution in [0.25, 0.3) is 0 Å². The fraction of sp³-hybridized carbons (Fsp3) is 0.737. The highest BCUT2D eigenvalue weighted by atomic mass is 16.2. The van der Waals surface area contributed by atoms with E-state index in [1.807, 2.05) is 11.9 Å². The highest BCUT2D eigenvalue weighted by Gasteiger charge is 2.32. The van der Waals surface area contributed by atoms with E-state index in [0.717, 1.165) is 62.4 Å². The molecule has 7 heteroatoms. The van der Waals surface area contributed by atoms with Crippen LogP contribution in [0.15, 0.2) is 6.33 Å². The summed E-state index contributed by atoms with van der Waals surface area (Å²) in [5.74, 6) is 1.93. The molecule has 0 spiro atoms. The summed E-state index contributed by atoms with van der Waals surface area (Å²) in [7, 11) is 1.95. The van der Waals surface area contributed by atoms with Gasteiger partial charge in [-0.05, 0) is 45.2 Å². The zero-order valence-corrected chi connectivity index (χ0v) is 16.3. The molecule has 144 valence electrons. The van der Waals surface area contributed by atoms with E-state index in [2.05, 4.69) is 39.3 Å². The molecule has 1 fully saturated rings. The SMILES string of the molecule is CCC(CC)Nc1ncnc2c1CN(C1CCCNCC1)C(=O)CN2C. The zero-order valence-electron chi connectivity index (χ0n) is 16.3. The van der Waals surface area contributed by atoms with Crippen molar-refractivity contribution < 1.29 is 4.79 Å². The first-order chi connectivity index (χ1) is 12.6. The van der Waals surface area contributed by atoms with E-state index in [1.54, 1.807) is 6.33 Å². The van der Waals surface area contributed by atoms with Crippen LogP contribution in [0.4, 0.5) is 11.6 Å². The fourth-order valence-electron chi connectivity index (χ4n) is 3.96. The second-order valence-corrected chi connectivity index (χ2v) is 7.39. The first-order valence-electron chi connectivity index (χ1n) is 9.95. The van der Waals surface area contributed by atoms with Gasteiger partial charge in [-0.2, -0.15) is 0 Å². The van der Waals surface area contributed by atoms with Gasteiger partial charge in [-0.25, -0.2) is 9.97 Å². The minimum absolute atomic E-state index is 0.186. The predicted octanol–water partition coefficient (Wildman–Crippen LogP) is 2.00. The van der Waals surface area contributed by atoms with Crippen LogP contribution in [0.5, 0.6) is 0 Å². The van der Waals surface area contributed by atoms with Crippen molar-refractivity contribution in [2.24, 2.45) is 0 Å². The lowest BCUT2D eigenvalue weighted by Crippen LogP contribution is -2.43. The summed E-state index contributed by atoms with van der Waals surface area (Å²) in [6.45, 7) is 7.34. The first kappa shape index (κ1) is 18.9. The molecule has 0 aliphatic carbocycles. The molecule has 2 aliphatic heterocycles. The number of aromatic nitrogens is 2. The summed E-state index contributed by atoms with van der Waals surface area (Å²) in [5, 5.41) is 7.02. The lowest BCUT2D eigenvalue weighted by Gasteiger charge is -2.30. The Balaban J connectivity index is 1.91. The van der Waals surface area contributed by atoms with Gasteiger partial charge in [-0.1, -0.05) is 13.8 Å². The summed E-state index contributed by atoms with van der Waals surface area (Å²) < 4.78 is 0. The number of nitrogens with zero attached hydrogens (tertiary/aromatic N) is 4. The zero-order chi connectivity index (χ0) is 18.5. The molecule has 1 atom stereocenters. The average Bonchev–Trinajstić information content (AvgIpc) is 2.98. The van der Waals surface area contributed by atoms with Crippen molar-refractivity contribution in [3.63, 3.8) is 0 Å². The summed E-state index contributed by atoms with van der Waals surface area (Å²) in [4.78, 5) is 26.0. The van der Waals surface area contributed by atoms with Gasteiger partial charge in [0.1, 0.15) is 18.0 Å². The maximum absolute atomic E-state index is 12.9. The quantitative estimate of drug-likeness (QED) is 0.837. The van der Waals surface area contributed by atoms with Gasteiger partial charge in [0, 0.05) is 19.1 Å². The van der Waals surface area contributed by atoms with E-state index < -0.39 is 0 Å². The smallest absolute Gasteiger partial charge is 0.242 e. The Kier molecular flexibility index (Phi) is 6.29. The van der Waals surface area contributed by atoms with E-state index in [1.165, 1.54) is 0 Å². The minimum atomic E-state index is 0.186. The van der Waals surface area contributed by atoms with Crippen LogP contribution < -0.4 is 15.5 Å². The minimum Gasteiger partial charge on any atom is -0.367 e.